The summed E-state index contributed by atoms with van der Waals surface area (Å²) < 4.78 is 21.4. The van der Waals surface area contributed by atoms with Gasteiger partial charge < -0.3 is 44.1 Å². The van der Waals surface area contributed by atoms with Crippen molar-refractivity contribution in [1.29, 1.82) is 0 Å². The number of carbonyl (C=O) groups excluding carboxylic acids is 4. The molecule has 0 aliphatic carbocycles. The van der Waals surface area contributed by atoms with Crippen molar-refractivity contribution >= 4 is 30.1 Å². The molecule has 508 valence electrons. The lowest BCUT2D eigenvalue weighted by atomic mass is 10.1. The van der Waals surface area contributed by atoms with E-state index in [2.05, 4.69) is 93.7 Å². The Labute approximate surface area is 533 Å². The van der Waals surface area contributed by atoms with Gasteiger partial charge in [0.1, 0.15) is 24.4 Å². The number of hydrogen-bond donors (Lipinski definition) is 3. The van der Waals surface area contributed by atoms with Crippen LogP contribution in [0.4, 0.5) is 9.59 Å². The third-order valence-electron chi connectivity index (χ3n) is 13.3. The highest BCUT2D eigenvalue weighted by atomic mass is 16.6. The van der Waals surface area contributed by atoms with Gasteiger partial charge in [-0.25, -0.2) is 9.59 Å². The Bertz CT molecular complexity index is 1690. The van der Waals surface area contributed by atoms with E-state index >= 15 is 0 Å². The van der Waals surface area contributed by atoms with Crippen molar-refractivity contribution in [3.05, 3.63) is 72.9 Å². The molecule has 14 nitrogen and oxygen atoms in total. The topological polar surface area (TPSA) is 189 Å². The maximum atomic E-state index is 12.8. The zero-order chi connectivity index (χ0) is 64.5. The fraction of sp³-hybridized carbons (Fsp3) is 0.767. The maximum Gasteiger partial charge on any atom is 0.410 e. The van der Waals surface area contributed by atoms with E-state index in [0.717, 1.165) is 103 Å². The first kappa shape index (κ1) is 88.7. The molecular formula is C73H134N2O12. The smallest absolute Gasteiger partial charge is 0.410 e. The number of carboxylic acids is 1. The predicted molar refractivity (Wildman–Crippen MR) is 364 cm³/mol. The minimum absolute atomic E-state index is 0. The largest absolute Gasteiger partial charge is 0.481 e. The minimum Gasteiger partial charge on any atom is -0.481 e. The summed E-state index contributed by atoms with van der Waals surface area (Å²) in [5.41, 5.74) is -1.22. The molecule has 2 amide bonds. The number of aliphatic hydroxyl groups excluding tert-OH is 2. The normalized spacial score (nSPS) is 11.7. The predicted octanol–water partition coefficient (Wildman–Crippen LogP) is 19.7. The molecule has 0 unspecified atom stereocenters. The van der Waals surface area contributed by atoms with Crippen LogP contribution in [-0.2, 0) is 33.3 Å². The molecule has 3 N–H and O–H groups in total. The third-order valence-corrected chi connectivity index (χ3v) is 13.3. The average Bonchev–Trinajstić information content (AvgIpc) is 3.65. The fourth-order valence-corrected chi connectivity index (χ4v) is 8.42. The number of unbranched alkanes of at least 4 members (excludes halogenated alkanes) is 24. The van der Waals surface area contributed by atoms with Crippen LogP contribution in [-0.4, -0.2) is 119 Å². The van der Waals surface area contributed by atoms with Crippen LogP contribution in [0.15, 0.2) is 72.9 Å². The SMILES string of the molecule is C.CC(C)(C)OC(=O)N(CCO)CCO.CCCCC/C=C\C/C=C\CCCCCCCC(=O)O.CCCCC/C=C\C/C=C\CCCCCCCC(=O)OCCN(CCOC(=O)CCCCCCC/C=C\C/C=C\CCCCC)C(=O)OC(C)(C)C. The summed E-state index contributed by atoms with van der Waals surface area (Å²) in [5, 5.41) is 25.9. The van der Waals surface area contributed by atoms with Crippen LogP contribution >= 0.6 is 0 Å². The number of rotatable bonds is 52. The Morgan fingerprint density at radius 3 is 0.874 bits per heavy atom. The molecule has 87 heavy (non-hydrogen) atoms. The Morgan fingerprint density at radius 2 is 0.609 bits per heavy atom. The summed E-state index contributed by atoms with van der Waals surface area (Å²) >= 11 is 0. The van der Waals surface area contributed by atoms with Gasteiger partial charge in [0.15, 0.2) is 0 Å². The number of aliphatic hydroxyl groups is 2. The Morgan fingerprint density at radius 1 is 0.356 bits per heavy atom. The third kappa shape index (κ3) is 75.5. The summed E-state index contributed by atoms with van der Waals surface area (Å²) in [6.45, 7) is 18.0. The fourth-order valence-electron chi connectivity index (χ4n) is 8.42. The lowest BCUT2D eigenvalue weighted by Gasteiger charge is -2.27. The van der Waals surface area contributed by atoms with E-state index in [4.69, 9.17) is 34.3 Å². The lowest BCUT2D eigenvalue weighted by molar-refractivity contribution is -0.144. The van der Waals surface area contributed by atoms with Gasteiger partial charge in [-0.3, -0.25) is 14.4 Å². The van der Waals surface area contributed by atoms with Gasteiger partial charge in [-0.15, -0.1) is 0 Å². The van der Waals surface area contributed by atoms with E-state index < -0.39 is 29.4 Å². The van der Waals surface area contributed by atoms with Crippen molar-refractivity contribution in [2.75, 3.05) is 52.6 Å². The molecule has 0 aromatic carbocycles. The van der Waals surface area contributed by atoms with E-state index in [-0.39, 0.29) is 72.0 Å². The minimum atomic E-state index is -0.671. The van der Waals surface area contributed by atoms with E-state index in [1.54, 1.807) is 41.5 Å². The number of hydrogen-bond acceptors (Lipinski definition) is 11. The highest BCUT2D eigenvalue weighted by Gasteiger charge is 2.23. The standard InChI is InChI=1S/C45H79NO6.C18H32O2.C9H19NO4.CH4/c1-6-8-10-12-14-16-18-20-22-24-26-28-30-32-34-36-42(47)50-40-38-46(44(49)52-45(3,4)5)39-41-51-43(48)37-35-33-31-29-27-25-23-21-19-17-15-13-11-9-7-2;1-2-3-4-5-6-7-8-9-10-11-12-13-14-15-16-17-18(19)20;1-9(2,3)14-8(13)10(4-6-11)5-7-12;/h14-17,20-23H,6-13,18-19,24-41H2,1-5H3;6-7,9-10H,2-5,8,11-17H2,1H3,(H,19,20);11-12H,4-7H2,1-3H3;1H4/b16-14-,17-15-,22-20-,23-21-;7-6-,10-9-;;. The zero-order valence-electron chi connectivity index (χ0n) is 56.5. The first-order valence-corrected chi connectivity index (χ1v) is 34.0. The second-order valence-corrected chi connectivity index (χ2v) is 24.2. The Kier molecular flexibility index (Phi) is 68.6. The molecule has 0 aromatic rings. The molecule has 0 radical (unpaired) electrons. The number of carbonyl (C=O) groups is 5. The number of nitrogens with zero attached hydrogens (tertiary/aromatic N) is 2. The van der Waals surface area contributed by atoms with Crippen molar-refractivity contribution in [3.63, 3.8) is 0 Å². The van der Waals surface area contributed by atoms with Gasteiger partial charge in [0.25, 0.3) is 0 Å². The average molecular weight is 1230 g/mol. The molecule has 0 heterocycles. The quantitative estimate of drug-likeness (QED) is 0.0227. The Hall–Kier alpha value is -4.69. The van der Waals surface area contributed by atoms with Crippen molar-refractivity contribution in [3.8, 4) is 0 Å². The number of ether oxygens (including phenoxy) is 4. The molecule has 0 saturated carbocycles. The molecule has 0 aliphatic heterocycles. The van der Waals surface area contributed by atoms with Gasteiger partial charge in [-0.05, 0) is 157 Å². The first-order valence-electron chi connectivity index (χ1n) is 34.0. The second-order valence-electron chi connectivity index (χ2n) is 24.2. The maximum absolute atomic E-state index is 12.8. The molecule has 0 aliphatic rings. The first-order chi connectivity index (χ1) is 41.4. The molecule has 0 rings (SSSR count). The van der Waals surface area contributed by atoms with Crippen LogP contribution in [0.1, 0.15) is 301 Å². The summed E-state index contributed by atoms with van der Waals surface area (Å²) in [5.74, 6) is -1.17. The van der Waals surface area contributed by atoms with Crippen LogP contribution in [0, 0.1) is 0 Å². The van der Waals surface area contributed by atoms with Crippen molar-refractivity contribution < 1.29 is 58.2 Å². The van der Waals surface area contributed by atoms with Crippen LogP contribution in [0.2, 0.25) is 0 Å². The Balaban J connectivity index is -0.000000796. The molecule has 0 fully saturated rings. The van der Waals surface area contributed by atoms with E-state index in [1.807, 2.05) is 0 Å². The second kappa shape index (κ2) is 67.2. The summed E-state index contributed by atoms with van der Waals surface area (Å²) in [6.07, 6.45) is 65.1. The number of aliphatic carboxylic acids is 1. The molecule has 0 bridgehead atoms. The monoisotopic (exact) mass is 1230 g/mol. The van der Waals surface area contributed by atoms with Gasteiger partial charge in [0, 0.05) is 32.4 Å². The summed E-state index contributed by atoms with van der Waals surface area (Å²) in [7, 11) is 0. The zero-order valence-corrected chi connectivity index (χ0v) is 56.5. The molecular weight excluding hydrogens is 1100 g/mol. The number of carboxylic acid groups (broad SMARTS) is 1. The molecule has 0 aromatic heterocycles. The summed E-state index contributed by atoms with van der Waals surface area (Å²) in [6, 6.07) is 0. The molecule has 14 heteroatoms. The van der Waals surface area contributed by atoms with Gasteiger partial charge in [0.05, 0.1) is 26.3 Å². The molecule has 0 saturated heterocycles. The van der Waals surface area contributed by atoms with E-state index in [9.17, 15) is 24.0 Å². The van der Waals surface area contributed by atoms with E-state index in [0.29, 0.717) is 19.3 Å². The van der Waals surface area contributed by atoms with Gasteiger partial charge in [-0.1, -0.05) is 197 Å². The van der Waals surface area contributed by atoms with Gasteiger partial charge in [0.2, 0.25) is 0 Å². The number of allylic oxidation sites excluding steroid dienone is 12. The highest BCUT2D eigenvalue weighted by molar-refractivity contribution is 5.71. The number of amides is 2. The molecule has 0 spiro atoms. The molecule has 0 atom stereocenters. The van der Waals surface area contributed by atoms with Crippen LogP contribution in [0.5, 0.6) is 0 Å². The van der Waals surface area contributed by atoms with Crippen LogP contribution < -0.4 is 0 Å². The van der Waals surface area contributed by atoms with Crippen molar-refractivity contribution in [2.24, 2.45) is 0 Å². The van der Waals surface area contributed by atoms with Crippen LogP contribution in [0.3, 0.4) is 0 Å². The van der Waals surface area contributed by atoms with Gasteiger partial charge in [-0.2, -0.15) is 0 Å². The summed E-state index contributed by atoms with van der Waals surface area (Å²) in [4.78, 5) is 61.8. The van der Waals surface area contributed by atoms with E-state index in [1.165, 1.54) is 119 Å². The van der Waals surface area contributed by atoms with Crippen LogP contribution in [0.25, 0.3) is 0 Å². The highest BCUT2D eigenvalue weighted by Crippen LogP contribution is 2.15. The lowest BCUT2D eigenvalue weighted by Crippen LogP contribution is -2.41. The van der Waals surface area contributed by atoms with Gasteiger partial charge >= 0.3 is 30.1 Å². The number of esters is 2. The van der Waals surface area contributed by atoms with Crippen molar-refractivity contribution in [2.45, 2.75) is 312 Å². The van der Waals surface area contributed by atoms with Crippen molar-refractivity contribution in [1.82, 2.24) is 9.80 Å².